The van der Waals surface area contributed by atoms with Gasteiger partial charge in [-0.05, 0) is 56.4 Å². The van der Waals surface area contributed by atoms with Gasteiger partial charge < -0.3 is 19.9 Å². The van der Waals surface area contributed by atoms with Gasteiger partial charge in [0.25, 0.3) is 5.91 Å². The van der Waals surface area contributed by atoms with Gasteiger partial charge >= 0.3 is 6.16 Å². The zero-order valence-corrected chi connectivity index (χ0v) is 19.2. The lowest BCUT2D eigenvalue weighted by molar-refractivity contribution is -0.114. The van der Waals surface area contributed by atoms with Crippen LogP contribution in [-0.2, 0) is 27.3 Å². The highest BCUT2D eigenvalue weighted by Crippen LogP contribution is 2.49. The van der Waals surface area contributed by atoms with E-state index in [2.05, 4.69) is 10.7 Å². The summed E-state index contributed by atoms with van der Waals surface area (Å²) in [6.07, 6.45) is 5.41. The average Bonchev–Trinajstić information content (AvgIpc) is 3.41. The molecule has 0 saturated heterocycles. The van der Waals surface area contributed by atoms with E-state index in [9.17, 15) is 14.7 Å². The number of ether oxygens (including phenoxy) is 2. The van der Waals surface area contributed by atoms with Crippen molar-refractivity contribution >= 4 is 39.7 Å². The molecule has 2 fully saturated rings. The van der Waals surface area contributed by atoms with Crippen LogP contribution in [0.1, 0.15) is 60.6 Å². The van der Waals surface area contributed by atoms with Crippen molar-refractivity contribution in [3.63, 3.8) is 0 Å². The molecule has 0 radical (unpaired) electrons. The van der Waals surface area contributed by atoms with E-state index >= 15 is 0 Å². The molecular formula is C23H24N2O5S2. The van der Waals surface area contributed by atoms with Gasteiger partial charge in [0.05, 0.1) is 24.5 Å². The van der Waals surface area contributed by atoms with Crippen LogP contribution in [0, 0.1) is 11.8 Å². The number of fused-ring (bicyclic) bond motifs is 3. The summed E-state index contributed by atoms with van der Waals surface area (Å²) < 4.78 is 10.8. The molecule has 3 heterocycles. The minimum atomic E-state index is -1.35. The largest absolute Gasteiger partial charge is 0.511 e. The molecule has 0 atom stereocenters. The third-order valence-electron chi connectivity index (χ3n) is 6.99. The van der Waals surface area contributed by atoms with Crippen LogP contribution in [0.5, 0.6) is 0 Å². The molecule has 7 rings (SSSR count). The number of anilines is 1. The van der Waals surface area contributed by atoms with Gasteiger partial charge in [0, 0.05) is 27.7 Å². The highest BCUT2D eigenvalue weighted by Gasteiger charge is 2.41. The minimum Gasteiger partial charge on any atom is -0.449 e. The highest BCUT2D eigenvalue weighted by atomic mass is 32.1. The lowest BCUT2D eigenvalue weighted by Crippen LogP contribution is -2.34. The number of allylic oxidation sites excluding steroid dienone is 1. The van der Waals surface area contributed by atoms with E-state index in [1.165, 1.54) is 18.4 Å². The number of nitrogens with one attached hydrogen (secondary N) is 1. The third kappa shape index (κ3) is 3.56. The molecule has 0 spiro atoms. The fourth-order valence-electron chi connectivity index (χ4n) is 5.28. The molecule has 1 amide bonds. The fraction of sp³-hybridized carbons (Fsp3) is 0.522. The quantitative estimate of drug-likeness (QED) is 0.556. The van der Waals surface area contributed by atoms with Gasteiger partial charge in [-0.25, -0.2) is 9.78 Å². The van der Waals surface area contributed by atoms with Crippen molar-refractivity contribution in [3.8, 4) is 10.6 Å². The lowest BCUT2D eigenvalue weighted by Gasteiger charge is -2.37. The van der Waals surface area contributed by atoms with Crippen LogP contribution in [0.15, 0.2) is 16.7 Å². The van der Waals surface area contributed by atoms with Gasteiger partial charge in [-0.3, -0.25) is 4.79 Å². The Hall–Kier alpha value is -2.23. The first-order valence-corrected chi connectivity index (χ1v) is 12.9. The summed E-state index contributed by atoms with van der Waals surface area (Å²) in [6.45, 7) is 1.21. The number of nitrogens with zero attached hydrogens (tertiary/aromatic N) is 1. The normalized spacial score (nSPS) is 24.4. The number of carbonyl (C=O) groups excluding carboxylic acids is 1. The molecule has 2 aromatic heterocycles. The Bertz CT molecular complexity index is 1120. The van der Waals surface area contributed by atoms with Gasteiger partial charge in [0.15, 0.2) is 0 Å². The number of amides is 1. The summed E-state index contributed by atoms with van der Waals surface area (Å²) in [6, 6.07) is 0. The lowest BCUT2D eigenvalue weighted by atomic mass is 9.70. The average molecular weight is 473 g/mol. The Balaban J connectivity index is 1.37. The zero-order valence-electron chi connectivity index (χ0n) is 17.5. The Labute approximate surface area is 193 Å². The SMILES string of the molecule is O=C(O)OC1=C(C(=O)Nc2sc3c(c2-c2nc(C4CC4)cs2)CCOC3)C2CCC1CC2. The van der Waals surface area contributed by atoms with E-state index < -0.39 is 6.16 Å². The molecule has 32 heavy (non-hydrogen) atoms. The van der Waals surface area contributed by atoms with Crippen LogP contribution in [0.2, 0.25) is 0 Å². The van der Waals surface area contributed by atoms with E-state index in [4.69, 9.17) is 14.5 Å². The first-order valence-electron chi connectivity index (χ1n) is 11.2. The smallest absolute Gasteiger partial charge is 0.449 e. The summed E-state index contributed by atoms with van der Waals surface area (Å²) in [7, 11) is 0. The minimum absolute atomic E-state index is 0.0151. The summed E-state index contributed by atoms with van der Waals surface area (Å²) >= 11 is 3.18. The Morgan fingerprint density at radius 1 is 1.12 bits per heavy atom. The van der Waals surface area contributed by atoms with E-state index in [0.29, 0.717) is 30.5 Å². The van der Waals surface area contributed by atoms with Crippen molar-refractivity contribution < 1.29 is 24.2 Å². The number of carbonyl (C=O) groups is 2. The van der Waals surface area contributed by atoms with Crippen LogP contribution in [0.4, 0.5) is 9.80 Å². The van der Waals surface area contributed by atoms with Crippen molar-refractivity contribution in [2.24, 2.45) is 11.8 Å². The van der Waals surface area contributed by atoms with E-state index in [1.807, 2.05) is 0 Å². The van der Waals surface area contributed by atoms with Crippen molar-refractivity contribution in [2.45, 2.75) is 57.5 Å². The van der Waals surface area contributed by atoms with Crippen LogP contribution >= 0.6 is 22.7 Å². The second kappa shape index (κ2) is 7.97. The number of hydrogen-bond donors (Lipinski definition) is 2. The summed E-state index contributed by atoms with van der Waals surface area (Å²) in [5.74, 6) is 0.761. The maximum Gasteiger partial charge on any atom is 0.511 e. The molecule has 2 saturated carbocycles. The predicted octanol–water partition coefficient (Wildman–Crippen LogP) is 5.53. The van der Waals surface area contributed by atoms with Crippen LogP contribution in [0.25, 0.3) is 10.6 Å². The first-order chi connectivity index (χ1) is 15.6. The van der Waals surface area contributed by atoms with Crippen molar-refractivity contribution in [2.75, 3.05) is 11.9 Å². The molecule has 9 heteroatoms. The van der Waals surface area contributed by atoms with E-state index in [1.54, 1.807) is 22.7 Å². The molecule has 2 aromatic rings. The molecule has 7 nitrogen and oxygen atoms in total. The van der Waals surface area contributed by atoms with Crippen LogP contribution < -0.4 is 5.32 Å². The molecular weight excluding hydrogens is 448 g/mol. The van der Waals surface area contributed by atoms with Crippen molar-refractivity contribution in [1.82, 2.24) is 4.98 Å². The summed E-state index contributed by atoms with van der Waals surface area (Å²) in [5.41, 5.74) is 3.90. The van der Waals surface area contributed by atoms with Crippen molar-refractivity contribution in [3.05, 3.63) is 32.8 Å². The maximum absolute atomic E-state index is 13.5. The fourth-order valence-corrected chi connectivity index (χ4v) is 7.50. The van der Waals surface area contributed by atoms with E-state index in [0.717, 1.165) is 58.2 Å². The number of aromatic nitrogens is 1. The van der Waals surface area contributed by atoms with Crippen LogP contribution in [0.3, 0.4) is 0 Å². The topological polar surface area (TPSA) is 97.8 Å². The van der Waals surface area contributed by atoms with E-state index in [-0.39, 0.29) is 17.7 Å². The molecule has 4 aliphatic carbocycles. The Morgan fingerprint density at radius 2 is 1.88 bits per heavy atom. The number of carboxylic acid groups (broad SMARTS) is 1. The second-order valence-corrected chi connectivity index (χ2v) is 11.0. The molecule has 2 N–H and O–H groups in total. The first kappa shape index (κ1) is 20.4. The van der Waals surface area contributed by atoms with Gasteiger partial charge in [0.2, 0.25) is 0 Å². The third-order valence-corrected chi connectivity index (χ3v) is 8.99. The number of thiazole rings is 1. The monoisotopic (exact) mass is 472 g/mol. The molecule has 2 bridgehead atoms. The number of hydrogen-bond acceptors (Lipinski definition) is 7. The van der Waals surface area contributed by atoms with Gasteiger partial charge in [-0.15, -0.1) is 22.7 Å². The number of thiophene rings is 1. The summed E-state index contributed by atoms with van der Waals surface area (Å²) in [5, 5.41) is 16.2. The molecule has 168 valence electrons. The Morgan fingerprint density at radius 3 is 2.62 bits per heavy atom. The Kier molecular flexibility index (Phi) is 5.07. The van der Waals surface area contributed by atoms with Crippen molar-refractivity contribution in [1.29, 1.82) is 0 Å². The summed E-state index contributed by atoms with van der Waals surface area (Å²) in [4.78, 5) is 30.8. The van der Waals surface area contributed by atoms with Gasteiger partial charge in [-0.2, -0.15) is 0 Å². The standard InChI is InChI=1S/C23H24N2O5S2/c26-20(17-12-3-5-13(6-4-12)19(17)30-23(27)28)25-22-18(14-7-8-29-9-16(14)32-22)21-24-15(10-31-21)11-1-2-11/h10-13H,1-9H2,(H,25,26)(H,27,28). The molecule has 0 aromatic carbocycles. The van der Waals surface area contributed by atoms with Gasteiger partial charge in [0.1, 0.15) is 15.8 Å². The number of rotatable bonds is 5. The molecule has 5 aliphatic rings. The molecule has 1 aliphatic heterocycles. The predicted molar refractivity (Wildman–Crippen MR) is 121 cm³/mol. The second-order valence-electron chi connectivity index (χ2n) is 9.01. The van der Waals surface area contributed by atoms with Gasteiger partial charge in [-0.1, -0.05) is 0 Å². The molecule has 0 unspecified atom stereocenters. The highest BCUT2D eigenvalue weighted by molar-refractivity contribution is 7.18. The van der Waals surface area contributed by atoms with Crippen LogP contribution in [-0.4, -0.2) is 28.8 Å². The maximum atomic E-state index is 13.5. The zero-order chi connectivity index (χ0) is 21.8.